The third-order valence-electron chi connectivity index (χ3n) is 0. The number of rotatable bonds is 0. The molecule has 0 radical (unpaired) electrons. The Labute approximate surface area is 168 Å². The summed E-state index contributed by atoms with van der Waals surface area (Å²) in [5, 5.41) is 0. The standard InChI is InChI=1S/2Fe.2H3N.2H2O4S.12H2O/c;;;;2*1-5(2,3)4;;;;;;;;;;;;/h;;2*1H3;2*(H2,1,2,3,4);12*1H2. The summed E-state index contributed by atoms with van der Waals surface area (Å²) in [7, 11) is -9.33. The van der Waals surface area contributed by atoms with Crippen molar-refractivity contribution in [1.29, 1.82) is 0 Å². The maximum atomic E-state index is 8.74. The first-order valence-corrected chi connectivity index (χ1v) is 4.19. The van der Waals surface area contributed by atoms with Gasteiger partial charge in [0.25, 0.3) is 0 Å². The van der Waals surface area contributed by atoms with E-state index in [9.17, 15) is 0 Å². The molecule has 26 heavy (non-hydrogen) atoms. The van der Waals surface area contributed by atoms with Gasteiger partial charge in [0.1, 0.15) is 0 Å². The fraction of sp³-hybridized carbons (Fsp3) is 0. The summed E-state index contributed by atoms with van der Waals surface area (Å²) in [6.45, 7) is 0. The van der Waals surface area contributed by atoms with Crippen LogP contribution in [-0.2, 0) is 54.9 Å². The van der Waals surface area contributed by atoms with E-state index in [-0.39, 0.29) is 112 Å². The topological polar surface area (TPSA) is 597 Å². The van der Waals surface area contributed by atoms with Gasteiger partial charge in [-0.2, -0.15) is 16.8 Å². The molecule has 0 heterocycles. The Hall–Kier alpha value is 0.219. The molecule has 34 N–H and O–H groups in total. The number of hydrogen-bond donors (Lipinski definition) is 6. The van der Waals surface area contributed by atoms with Crippen molar-refractivity contribution in [3.63, 3.8) is 0 Å². The first-order chi connectivity index (χ1) is 4.00. The van der Waals surface area contributed by atoms with Crippen LogP contribution in [0.25, 0.3) is 0 Å². The van der Waals surface area contributed by atoms with Gasteiger partial charge in [-0.3, -0.25) is 18.2 Å². The maximum absolute atomic E-state index is 8.74. The third-order valence-corrected chi connectivity index (χ3v) is 0. The van der Waals surface area contributed by atoms with Crippen molar-refractivity contribution in [2.75, 3.05) is 0 Å². The van der Waals surface area contributed by atoms with Crippen LogP contribution in [0.2, 0.25) is 0 Å². The first kappa shape index (κ1) is 247. The van der Waals surface area contributed by atoms with Crippen LogP contribution in [0.1, 0.15) is 0 Å². The molecule has 0 aromatic heterocycles. The van der Waals surface area contributed by atoms with E-state index >= 15 is 0 Å². The molecule has 0 aliphatic carbocycles. The Morgan fingerprint density at radius 2 is 0.346 bits per heavy atom. The van der Waals surface area contributed by atoms with Crippen molar-refractivity contribution in [3.8, 4) is 0 Å². The average Bonchev–Trinajstić information content (AvgIpc) is 1.12. The second kappa shape index (κ2) is 99.1. The van der Waals surface area contributed by atoms with E-state index in [2.05, 4.69) is 0 Å². The van der Waals surface area contributed by atoms with Crippen molar-refractivity contribution in [2.24, 2.45) is 0 Å². The van der Waals surface area contributed by atoms with Crippen LogP contribution >= 0.6 is 0 Å². The van der Waals surface area contributed by atoms with Gasteiger partial charge in [-0.05, 0) is 0 Å². The summed E-state index contributed by atoms with van der Waals surface area (Å²) in [6.07, 6.45) is 0. The van der Waals surface area contributed by atoms with Gasteiger partial charge >= 0.3 is 20.8 Å². The van der Waals surface area contributed by atoms with Gasteiger partial charge in [0.15, 0.2) is 0 Å². The molecule has 0 aromatic rings. The molecule has 0 saturated heterocycles. The molecule has 0 spiro atoms. The molecule has 0 unspecified atom stereocenters. The quantitative estimate of drug-likeness (QED) is 0.120. The molecule has 0 amide bonds. The van der Waals surface area contributed by atoms with E-state index in [1.807, 2.05) is 0 Å². The Morgan fingerprint density at radius 1 is 0.346 bits per heavy atom. The molecule has 0 aromatic carbocycles. The van der Waals surface area contributed by atoms with Crippen LogP contribution in [0.15, 0.2) is 0 Å². The van der Waals surface area contributed by atoms with Gasteiger partial charge in [0, 0.05) is 34.1 Å². The summed E-state index contributed by atoms with van der Waals surface area (Å²) in [4.78, 5) is 0. The molecule has 0 fully saturated rings. The summed E-state index contributed by atoms with van der Waals surface area (Å²) in [5.41, 5.74) is 0. The molecule has 22 nitrogen and oxygen atoms in total. The van der Waals surface area contributed by atoms with Crippen molar-refractivity contribution in [3.05, 3.63) is 0 Å². The number of hydrogen-bond acceptors (Lipinski definition) is 6. The van der Waals surface area contributed by atoms with Crippen molar-refractivity contribution >= 4 is 20.8 Å². The fourth-order valence-corrected chi connectivity index (χ4v) is 0. The predicted octanol–water partition coefficient (Wildman–Crippen LogP) is -10.9. The van der Waals surface area contributed by atoms with Crippen LogP contribution < -0.4 is 12.3 Å². The Bertz CT molecular complexity index is 226. The van der Waals surface area contributed by atoms with Gasteiger partial charge < -0.3 is 78.0 Å². The van der Waals surface area contributed by atoms with E-state index in [0.29, 0.717) is 0 Å². The zero-order valence-electron chi connectivity index (χ0n) is 12.4. The molecular weight excluding hydrogens is 524 g/mol. The molecule has 0 atom stereocenters. The summed E-state index contributed by atoms with van der Waals surface area (Å²) < 4.78 is 63.2. The minimum atomic E-state index is -4.67. The minimum Gasteiger partial charge on any atom is -0.412 e. The zero-order valence-corrected chi connectivity index (χ0v) is 16.2. The van der Waals surface area contributed by atoms with E-state index in [1.165, 1.54) is 0 Å². The summed E-state index contributed by atoms with van der Waals surface area (Å²) >= 11 is 0. The predicted molar refractivity (Wildman–Crippen MR) is 81.8 cm³/mol. The molecule has 26 heteroatoms. The average molecular weight is 558 g/mol. The van der Waals surface area contributed by atoms with Gasteiger partial charge in [0.2, 0.25) is 0 Å². The minimum absolute atomic E-state index is 0. The van der Waals surface area contributed by atoms with Gasteiger partial charge in [-0.25, -0.2) is 0 Å². The van der Waals surface area contributed by atoms with E-state index in [0.717, 1.165) is 0 Å². The normalized spacial score (nSPS) is 4.46. The van der Waals surface area contributed by atoms with Gasteiger partial charge in [0.05, 0.1) is 0 Å². The zero-order chi connectivity index (χ0) is 9.00. The van der Waals surface area contributed by atoms with Crippen molar-refractivity contribution < 1.29 is 135 Å². The Balaban J connectivity index is -0.00000000190. The third kappa shape index (κ3) is 272000. The molecule has 0 bridgehead atoms. The van der Waals surface area contributed by atoms with Crippen LogP contribution in [0.5, 0.6) is 0 Å². The van der Waals surface area contributed by atoms with Crippen LogP contribution in [0.4, 0.5) is 0 Å². The SMILES string of the molecule is N.N.O.O.O.O.O.O.O.O.O.O.O.O.O=S(=O)(O)O.O=S(=O)(O)O.[Fe].[Fe]. The molecule has 0 aliphatic heterocycles. The van der Waals surface area contributed by atoms with Gasteiger partial charge in [-0.1, -0.05) is 0 Å². The van der Waals surface area contributed by atoms with E-state index in [1.54, 1.807) is 0 Å². The summed E-state index contributed by atoms with van der Waals surface area (Å²) in [5.74, 6) is 0. The Kier molecular flexibility index (Phi) is 941. The van der Waals surface area contributed by atoms with Crippen LogP contribution in [-0.4, -0.2) is 101 Å². The van der Waals surface area contributed by atoms with Crippen molar-refractivity contribution in [2.45, 2.75) is 0 Å². The van der Waals surface area contributed by atoms with Crippen LogP contribution in [0.3, 0.4) is 0 Å². The molecule has 0 aliphatic rings. The molecule has 0 saturated carbocycles. The monoisotopic (exact) mass is 558 g/mol. The second-order valence-electron chi connectivity index (χ2n) is 0.896. The molecule has 0 rings (SSSR count). The van der Waals surface area contributed by atoms with Crippen molar-refractivity contribution in [1.82, 2.24) is 12.3 Å². The molecule has 192 valence electrons. The molecular formula is H34Fe2N2O20S2. The van der Waals surface area contributed by atoms with E-state index in [4.69, 9.17) is 35.0 Å². The van der Waals surface area contributed by atoms with Crippen LogP contribution in [0, 0.1) is 0 Å². The largest absolute Gasteiger partial charge is 0.412 e. The summed E-state index contributed by atoms with van der Waals surface area (Å²) in [6, 6.07) is 0. The smallest absolute Gasteiger partial charge is 0.394 e. The maximum Gasteiger partial charge on any atom is 0.394 e. The fourth-order valence-electron chi connectivity index (χ4n) is 0. The Morgan fingerprint density at radius 3 is 0.346 bits per heavy atom. The second-order valence-corrected chi connectivity index (χ2v) is 2.69. The van der Waals surface area contributed by atoms with Gasteiger partial charge in [-0.15, -0.1) is 0 Å². The van der Waals surface area contributed by atoms with E-state index < -0.39 is 20.8 Å². The first-order valence-electron chi connectivity index (χ1n) is 1.40.